The number of methoxy groups -OCH3 is 1. The number of aliphatic imine (C=N–C) groups is 1. The van der Waals surface area contributed by atoms with Crippen LogP contribution in [0.2, 0.25) is 0 Å². The molecule has 16 nitrogen and oxygen atoms in total. The number of nitrogens with one attached hydrogen (secondary N) is 5. The third-order valence-electron chi connectivity index (χ3n) is 10.2. The quantitative estimate of drug-likeness (QED) is 0.0393. The minimum absolute atomic E-state index is 0.108. The first kappa shape index (κ1) is 53.2. The van der Waals surface area contributed by atoms with Crippen LogP contribution in [0, 0.1) is 28.5 Å². The minimum Gasteiger partial charge on any atom is -0.484 e. The number of hydrogen-bond acceptors (Lipinski definition) is 10. The summed E-state index contributed by atoms with van der Waals surface area (Å²) in [6, 6.07) is -1.27. The zero-order valence-corrected chi connectivity index (χ0v) is 46.1. The van der Waals surface area contributed by atoms with Crippen molar-refractivity contribution < 1.29 is 38.6 Å². The third-order valence-corrected chi connectivity index (χ3v) is 18.0. The Kier molecular flexibility index (Phi) is 23.4. The number of halogens is 6. The number of benzene rings is 1. The molecule has 1 saturated carbocycles. The standard InChI is InChI=1S/C37H52I6N8O8/c1-17-9-13-51(14-10-17)37(58)19(8-5-6-11-44)49-36(57)24-26(39)22(34(55)46-12-7-15-52)29(42)32(30(24)43)50-20(53)16-47-35(56)23-25(38)21(33(54)45-3)27(40)31(28(23)41)48-18(2)59-4/h17,19,21,23,25,27-28,31,52H,5-16,44H2,1-4H3,(H,45,54)(H,46,55)(H,47,56)(H,49,57)(H,50,53). The fraction of sp³-hybridized carbons (Fsp3) is 0.649. The van der Waals surface area contributed by atoms with Crippen molar-refractivity contribution in [1.82, 2.24) is 26.2 Å². The van der Waals surface area contributed by atoms with E-state index in [1.54, 1.807) is 18.9 Å². The van der Waals surface area contributed by atoms with Crippen LogP contribution in [0.25, 0.3) is 0 Å². The highest BCUT2D eigenvalue weighted by atomic mass is 127. The molecule has 3 rings (SSSR count). The van der Waals surface area contributed by atoms with E-state index < -0.39 is 58.0 Å². The lowest BCUT2D eigenvalue weighted by Crippen LogP contribution is -2.59. The van der Waals surface area contributed by atoms with Gasteiger partial charge < -0.3 is 47.1 Å². The van der Waals surface area contributed by atoms with Gasteiger partial charge in [0.1, 0.15) is 6.04 Å². The molecule has 1 heterocycles. The maximum atomic E-state index is 14.3. The van der Waals surface area contributed by atoms with E-state index in [0.717, 1.165) is 12.8 Å². The monoisotopic (exact) mass is 1500 g/mol. The highest BCUT2D eigenvalue weighted by molar-refractivity contribution is 14.1. The molecule has 0 spiro atoms. The van der Waals surface area contributed by atoms with Crippen LogP contribution in [0.4, 0.5) is 5.69 Å². The van der Waals surface area contributed by atoms with Gasteiger partial charge >= 0.3 is 0 Å². The number of aliphatic hydroxyl groups is 1. The molecule has 0 aromatic heterocycles. The van der Waals surface area contributed by atoms with Gasteiger partial charge in [0.05, 0.1) is 55.5 Å². The molecule has 1 aliphatic carbocycles. The van der Waals surface area contributed by atoms with Crippen molar-refractivity contribution in [3.63, 3.8) is 0 Å². The smallest absolute Gasteiger partial charge is 0.254 e. The van der Waals surface area contributed by atoms with Crippen LogP contribution < -0.4 is 32.3 Å². The summed E-state index contributed by atoms with van der Waals surface area (Å²) in [6.07, 6.45) is 3.72. The Labute approximate surface area is 427 Å². The fourth-order valence-corrected chi connectivity index (χ4v) is 17.9. The first-order chi connectivity index (χ1) is 27.9. The molecule has 2 aliphatic rings. The van der Waals surface area contributed by atoms with E-state index in [9.17, 15) is 33.9 Å². The number of ether oxygens (including phenoxy) is 1. The Morgan fingerprint density at radius 3 is 2.03 bits per heavy atom. The molecule has 2 fully saturated rings. The first-order valence-corrected chi connectivity index (χ1v) is 26.1. The topological polar surface area (TPSA) is 234 Å². The largest absolute Gasteiger partial charge is 0.484 e. The molecule has 1 saturated heterocycles. The van der Waals surface area contributed by atoms with Crippen molar-refractivity contribution in [2.24, 2.45) is 28.5 Å². The third kappa shape index (κ3) is 14.1. The van der Waals surface area contributed by atoms with Crippen molar-refractivity contribution in [1.29, 1.82) is 0 Å². The van der Waals surface area contributed by atoms with Gasteiger partial charge in [-0.15, -0.1) is 0 Å². The van der Waals surface area contributed by atoms with Gasteiger partial charge in [-0.25, -0.2) is 0 Å². The number of likely N-dealkylation sites (tertiary alicyclic amines) is 1. The van der Waals surface area contributed by atoms with Crippen LogP contribution >= 0.6 is 136 Å². The number of rotatable bonds is 17. The number of amides is 6. The number of piperidine rings is 1. The minimum atomic E-state index is -0.833. The molecule has 6 amide bonds. The average molecular weight is 1500 g/mol. The van der Waals surface area contributed by atoms with E-state index >= 15 is 0 Å². The van der Waals surface area contributed by atoms with Crippen LogP contribution in [0.3, 0.4) is 0 Å². The molecule has 7 atom stereocenters. The van der Waals surface area contributed by atoms with Crippen LogP contribution in [0.1, 0.15) is 73.1 Å². The van der Waals surface area contributed by atoms with Crippen LogP contribution in [-0.4, -0.2) is 129 Å². The number of unbranched alkanes of at least 4 members (excludes halogenated alkanes) is 1. The van der Waals surface area contributed by atoms with Crippen LogP contribution in [-0.2, 0) is 23.9 Å². The molecule has 0 radical (unpaired) electrons. The Balaban J connectivity index is 1.97. The van der Waals surface area contributed by atoms with Crippen LogP contribution in [0.15, 0.2) is 4.99 Å². The molecule has 59 heavy (non-hydrogen) atoms. The number of carbonyl (C=O) groups excluding carboxylic acids is 6. The van der Waals surface area contributed by atoms with Gasteiger partial charge in [0.2, 0.25) is 23.6 Å². The summed E-state index contributed by atoms with van der Waals surface area (Å²) in [7, 11) is 3.05. The molecule has 1 aromatic rings. The number of nitrogens with two attached hydrogens (primary N) is 1. The Morgan fingerprint density at radius 1 is 0.881 bits per heavy atom. The summed E-state index contributed by atoms with van der Waals surface area (Å²) in [6.45, 7) is 5.08. The van der Waals surface area contributed by atoms with E-state index in [1.807, 2.05) is 67.8 Å². The summed E-state index contributed by atoms with van der Waals surface area (Å²) in [5.41, 5.74) is 6.19. The number of nitrogens with zero attached hydrogens (tertiary/aromatic N) is 2. The average Bonchev–Trinajstić information content (AvgIpc) is 3.19. The van der Waals surface area contributed by atoms with Gasteiger partial charge in [0, 0.05) is 55.6 Å². The molecule has 8 N–H and O–H groups in total. The normalized spacial score (nSPS) is 22.8. The zero-order chi connectivity index (χ0) is 44.1. The van der Waals surface area contributed by atoms with Gasteiger partial charge in [-0.3, -0.25) is 33.8 Å². The van der Waals surface area contributed by atoms with Gasteiger partial charge in [-0.2, -0.15) is 0 Å². The Morgan fingerprint density at radius 2 is 1.47 bits per heavy atom. The second-order valence-corrected chi connectivity index (χ2v) is 21.9. The maximum absolute atomic E-state index is 14.3. The predicted octanol–water partition coefficient (Wildman–Crippen LogP) is 3.99. The summed E-state index contributed by atoms with van der Waals surface area (Å²) in [5.74, 6) is -2.88. The van der Waals surface area contributed by atoms with Gasteiger partial charge in [-0.1, -0.05) is 74.7 Å². The van der Waals surface area contributed by atoms with E-state index in [0.29, 0.717) is 67.8 Å². The molecular formula is C37H52I6N8O8. The van der Waals surface area contributed by atoms with Crippen molar-refractivity contribution >= 4 is 183 Å². The van der Waals surface area contributed by atoms with E-state index in [4.69, 9.17) is 15.5 Å². The maximum Gasteiger partial charge on any atom is 0.254 e. The summed E-state index contributed by atoms with van der Waals surface area (Å²) < 4.78 is 5.31. The predicted molar refractivity (Wildman–Crippen MR) is 278 cm³/mol. The number of anilines is 1. The first-order valence-electron chi connectivity index (χ1n) is 19.1. The second-order valence-electron chi connectivity index (χ2n) is 14.3. The Hall–Kier alpha value is -0.190. The van der Waals surface area contributed by atoms with Gasteiger partial charge in [0.25, 0.3) is 11.8 Å². The molecule has 22 heteroatoms. The summed E-state index contributed by atoms with van der Waals surface area (Å²) in [4.78, 5) is 89.1. The summed E-state index contributed by atoms with van der Waals surface area (Å²) in [5, 5.41) is 23.4. The molecule has 0 bridgehead atoms. The van der Waals surface area contributed by atoms with E-state index in [-0.39, 0.29) is 49.6 Å². The lowest BCUT2D eigenvalue weighted by molar-refractivity contribution is -0.135. The van der Waals surface area contributed by atoms with Crippen molar-refractivity contribution in [2.75, 3.05) is 58.8 Å². The highest BCUT2D eigenvalue weighted by Gasteiger charge is 2.53. The lowest BCUT2D eigenvalue weighted by atomic mass is 9.77. The number of hydrogen-bond donors (Lipinski definition) is 7. The molecule has 1 aromatic carbocycles. The number of alkyl halides is 3. The molecule has 1 aliphatic heterocycles. The van der Waals surface area contributed by atoms with E-state index in [1.165, 1.54) is 7.11 Å². The van der Waals surface area contributed by atoms with Crippen molar-refractivity contribution in [3.8, 4) is 0 Å². The second kappa shape index (κ2) is 25.9. The molecule has 7 unspecified atom stereocenters. The Bertz CT molecular complexity index is 1730. The molecule has 330 valence electrons. The molecular weight excluding hydrogens is 1450 g/mol. The zero-order valence-electron chi connectivity index (χ0n) is 33.1. The fourth-order valence-electron chi connectivity index (χ4n) is 6.77. The van der Waals surface area contributed by atoms with Crippen LogP contribution in [0.5, 0.6) is 0 Å². The SMILES string of the molecule is CNC(=O)C1C(I)C(N=C(C)OC)C(I)C(C(=O)NCC(=O)Nc2c(I)c(C(=O)NCCCO)c(I)c(C(=O)NC(CCCCN)C(=O)N3CCC(C)CC3)c2I)C1I. The van der Waals surface area contributed by atoms with E-state index in [2.05, 4.69) is 101 Å². The lowest BCUT2D eigenvalue weighted by Gasteiger charge is -2.43. The van der Waals surface area contributed by atoms with Crippen molar-refractivity contribution in [3.05, 3.63) is 21.8 Å². The number of aliphatic hydroxyl groups excluding tert-OH is 1. The van der Waals surface area contributed by atoms with Crippen molar-refractivity contribution in [2.45, 2.75) is 76.2 Å². The summed E-state index contributed by atoms with van der Waals surface area (Å²) >= 11 is 12.4. The van der Waals surface area contributed by atoms with Gasteiger partial charge in [-0.05, 0) is 119 Å². The highest BCUT2D eigenvalue weighted by Crippen LogP contribution is 2.44. The van der Waals surface area contributed by atoms with Gasteiger partial charge in [0.15, 0.2) is 5.90 Å². The number of carbonyl (C=O) groups is 6.